The van der Waals surface area contributed by atoms with Crippen molar-refractivity contribution in [2.24, 2.45) is 11.8 Å². The maximum Gasteiger partial charge on any atom is 0.247 e. The zero-order chi connectivity index (χ0) is 13.9. The van der Waals surface area contributed by atoms with E-state index in [9.17, 15) is 13.2 Å². The van der Waals surface area contributed by atoms with Gasteiger partial charge in [0.25, 0.3) is 0 Å². The van der Waals surface area contributed by atoms with Gasteiger partial charge in [-0.3, -0.25) is 0 Å². The molecule has 2 atom stereocenters. The van der Waals surface area contributed by atoms with Crippen molar-refractivity contribution in [2.75, 3.05) is 0 Å². The van der Waals surface area contributed by atoms with Gasteiger partial charge in [-0.1, -0.05) is 32.4 Å². The van der Waals surface area contributed by atoms with Crippen molar-refractivity contribution in [1.29, 1.82) is 5.41 Å². The largest absolute Gasteiger partial charge is 0.304 e. The number of benzene rings is 1. The predicted octanol–water partition coefficient (Wildman–Crippen LogP) is 4.43. The number of halogens is 3. The van der Waals surface area contributed by atoms with E-state index in [1.165, 1.54) is 12.1 Å². The molecule has 0 aliphatic carbocycles. The maximum absolute atomic E-state index is 13.7. The number of rotatable bonds is 5. The zero-order valence-corrected chi connectivity index (χ0v) is 10.8. The summed E-state index contributed by atoms with van der Waals surface area (Å²) in [5.41, 5.74) is 0.243. The number of nitrogens with one attached hydrogen (secondary N) is 1. The van der Waals surface area contributed by atoms with E-state index in [0.717, 1.165) is 0 Å². The molecule has 0 unspecified atom stereocenters. The molecule has 1 nitrogen and oxygen atoms in total. The summed E-state index contributed by atoms with van der Waals surface area (Å²) in [6, 6.07) is 4.35. The standard InChI is InChI=1S/C14H18F3N/c1-4-8(2)12(14(16)17)13(18)11-9(3)6-5-7-10(11)15/h5-8,12,14,18H,4H2,1-3H3/t8-,12+/m1/s1. The van der Waals surface area contributed by atoms with Crippen molar-refractivity contribution in [1.82, 2.24) is 0 Å². The molecule has 0 amide bonds. The third-order valence-corrected chi connectivity index (χ3v) is 3.35. The lowest BCUT2D eigenvalue weighted by Crippen LogP contribution is -2.30. The summed E-state index contributed by atoms with van der Waals surface area (Å²) in [5.74, 6) is -2.17. The minimum absolute atomic E-state index is 0.0168. The van der Waals surface area contributed by atoms with E-state index in [1.54, 1.807) is 26.8 Å². The molecule has 1 N–H and O–H groups in total. The van der Waals surface area contributed by atoms with Gasteiger partial charge in [0.15, 0.2) is 0 Å². The van der Waals surface area contributed by atoms with Gasteiger partial charge in [0.2, 0.25) is 6.43 Å². The van der Waals surface area contributed by atoms with E-state index in [4.69, 9.17) is 5.41 Å². The Morgan fingerprint density at radius 3 is 2.39 bits per heavy atom. The molecular formula is C14H18F3N. The summed E-state index contributed by atoms with van der Waals surface area (Å²) in [4.78, 5) is 0. The highest BCUT2D eigenvalue weighted by atomic mass is 19.3. The molecular weight excluding hydrogens is 239 g/mol. The van der Waals surface area contributed by atoms with Gasteiger partial charge in [0, 0.05) is 5.56 Å². The maximum atomic E-state index is 13.7. The van der Waals surface area contributed by atoms with Crippen LogP contribution in [0.2, 0.25) is 0 Å². The average Bonchev–Trinajstić information content (AvgIpc) is 2.28. The first-order valence-corrected chi connectivity index (χ1v) is 6.02. The molecule has 100 valence electrons. The molecule has 0 saturated carbocycles. The van der Waals surface area contributed by atoms with Gasteiger partial charge >= 0.3 is 0 Å². The first-order chi connectivity index (χ1) is 8.40. The molecule has 0 aromatic heterocycles. The van der Waals surface area contributed by atoms with Crippen LogP contribution in [0, 0.1) is 30.0 Å². The smallest absolute Gasteiger partial charge is 0.247 e. The van der Waals surface area contributed by atoms with E-state index in [1.807, 2.05) is 0 Å². The van der Waals surface area contributed by atoms with Crippen molar-refractivity contribution in [3.8, 4) is 0 Å². The highest BCUT2D eigenvalue weighted by molar-refractivity contribution is 6.01. The molecule has 1 aromatic carbocycles. The predicted molar refractivity (Wildman–Crippen MR) is 66.9 cm³/mol. The van der Waals surface area contributed by atoms with Gasteiger partial charge in [0.05, 0.1) is 11.6 Å². The van der Waals surface area contributed by atoms with Crippen molar-refractivity contribution in [3.05, 3.63) is 35.1 Å². The minimum atomic E-state index is -2.65. The molecule has 0 aliphatic heterocycles. The quantitative estimate of drug-likeness (QED) is 0.754. The Balaban J connectivity index is 3.18. The van der Waals surface area contributed by atoms with Crippen molar-refractivity contribution < 1.29 is 13.2 Å². The lowest BCUT2D eigenvalue weighted by Gasteiger charge is -2.24. The molecule has 18 heavy (non-hydrogen) atoms. The van der Waals surface area contributed by atoms with Gasteiger partial charge < -0.3 is 5.41 Å². The first kappa shape index (κ1) is 14.7. The summed E-state index contributed by atoms with van der Waals surface area (Å²) < 4.78 is 39.9. The number of aryl methyl sites for hydroxylation is 1. The van der Waals surface area contributed by atoms with E-state index in [2.05, 4.69) is 0 Å². The molecule has 0 fully saturated rings. The fourth-order valence-corrected chi connectivity index (χ4v) is 2.05. The van der Waals surface area contributed by atoms with Gasteiger partial charge in [-0.05, 0) is 24.5 Å². The summed E-state index contributed by atoms with van der Waals surface area (Å²) in [7, 11) is 0. The second-order valence-electron chi connectivity index (χ2n) is 4.59. The molecule has 0 spiro atoms. The SMILES string of the molecule is CC[C@@H](C)[C@@H](C(=N)c1c(C)cccc1F)C(F)F. The van der Waals surface area contributed by atoms with Crippen LogP contribution in [-0.4, -0.2) is 12.1 Å². The van der Waals surface area contributed by atoms with Crippen LogP contribution in [-0.2, 0) is 0 Å². The van der Waals surface area contributed by atoms with Crippen LogP contribution in [0.4, 0.5) is 13.2 Å². The second kappa shape index (κ2) is 6.03. The van der Waals surface area contributed by atoms with E-state index in [0.29, 0.717) is 12.0 Å². The second-order valence-corrected chi connectivity index (χ2v) is 4.59. The number of hydrogen-bond donors (Lipinski definition) is 1. The van der Waals surface area contributed by atoms with Gasteiger partial charge in [-0.25, -0.2) is 13.2 Å². The highest BCUT2D eigenvalue weighted by Gasteiger charge is 2.32. The molecule has 0 aliphatic rings. The number of hydrogen-bond acceptors (Lipinski definition) is 1. The Morgan fingerprint density at radius 2 is 1.94 bits per heavy atom. The third-order valence-electron chi connectivity index (χ3n) is 3.35. The molecule has 0 saturated heterocycles. The third kappa shape index (κ3) is 2.92. The fourth-order valence-electron chi connectivity index (χ4n) is 2.05. The van der Waals surface area contributed by atoms with Crippen LogP contribution in [0.3, 0.4) is 0 Å². The van der Waals surface area contributed by atoms with Crippen molar-refractivity contribution in [2.45, 2.75) is 33.6 Å². The molecule has 1 rings (SSSR count). The van der Waals surface area contributed by atoms with Gasteiger partial charge in [-0.2, -0.15) is 0 Å². The van der Waals surface area contributed by atoms with Crippen LogP contribution in [0.5, 0.6) is 0 Å². The lowest BCUT2D eigenvalue weighted by molar-refractivity contribution is 0.0825. The molecule has 0 heterocycles. The van der Waals surface area contributed by atoms with Crippen LogP contribution >= 0.6 is 0 Å². The summed E-state index contributed by atoms with van der Waals surface area (Å²) >= 11 is 0. The van der Waals surface area contributed by atoms with Crippen LogP contribution in [0.15, 0.2) is 18.2 Å². The van der Waals surface area contributed by atoms with Crippen molar-refractivity contribution in [3.63, 3.8) is 0 Å². The molecule has 0 bridgehead atoms. The normalized spacial score (nSPS) is 14.6. The van der Waals surface area contributed by atoms with Crippen molar-refractivity contribution >= 4 is 5.71 Å². The van der Waals surface area contributed by atoms with Crippen LogP contribution in [0.25, 0.3) is 0 Å². The molecule has 0 radical (unpaired) electrons. The molecule has 1 aromatic rings. The Bertz CT molecular complexity index is 409. The van der Waals surface area contributed by atoms with Gasteiger partial charge in [-0.15, -0.1) is 0 Å². The van der Waals surface area contributed by atoms with E-state index >= 15 is 0 Å². The van der Waals surface area contributed by atoms with Crippen LogP contribution in [0.1, 0.15) is 31.4 Å². The topological polar surface area (TPSA) is 23.9 Å². The summed E-state index contributed by atoms with van der Waals surface area (Å²) in [6.45, 7) is 5.09. The van der Waals surface area contributed by atoms with Crippen LogP contribution < -0.4 is 0 Å². The Morgan fingerprint density at radius 1 is 1.33 bits per heavy atom. The van der Waals surface area contributed by atoms with Gasteiger partial charge in [0.1, 0.15) is 5.82 Å². The zero-order valence-electron chi connectivity index (χ0n) is 10.8. The Labute approximate surface area is 106 Å². The Hall–Kier alpha value is -1.32. The van der Waals surface area contributed by atoms with E-state index in [-0.39, 0.29) is 17.2 Å². The minimum Gasteiger partial charge on any atom is -0.304 e. The summed E-state index contributed by atoms with van der Waals surface area (Å²) in [5, 5.41) is 7.91. The first-order valence-electron chi connectivity index (χ1n) is 6.02. The molecule has 4 heteroatoms. The number of alkyl halides is 2. The monoisotopic (exact) mass is 257 g/mol. The lowest BCUT2D eigenvalue weighted by atomic mass is 9.83. The highest BCUT2D eigenvalue weighted by Crippen LogP contribution is 2.28. The average molecular weight is 257 g/mol. The van der Waals surface area contributed by atoms with E-state index < -0.39 is 18.2 Å². The summed E-state index contributed by atoms with van der Waals surface area (Å²) in [6.07, 6.45) is -2.11. The fraction of sp³-hybridized carbons (Fsp3) is 0.500. The Kier molecular flexibility index (Phi) is 4.93.